The zero-order valence-corrected chi connectivity index (χ0v) is 9.23. The van der Waals surface area contributed by atoms with Crippen molar-refractivity contribution >= 4 is 16.7 Å². The van der Waals surface area contributed by atoms with Crippen molar-refractivity contribution in [1.82, 2.24) is 9.36 Å². The lowest BCUT2D eigenvalue weighted by Crippen LogP contribution is -2.17. The summed E-state index contributed by atoms with van der Waals surface area (Å²) in [5, 5.41) is 4.43. The Morgan fingerprint density at radius 2 is 2.29 bits per heavy atom. The van der Waals surface area contributed by atoms with E-state index in [1.165, 1.54) is 37.2 Å². The quantitative estimate of drug-likeness (QED) is 0.827. The van der Waals surface area contributed by atoms with E-state index >= 15 is 0 Å². The Morgan fingerprint density at radius 3 is 2.79 bits per heavy atom. The Labute approximate surface area is 88.1 Å². The minimum atomic E-state index is 0.652. The summed E-state index contributed by atoms with van der Waals surface area (Å²) in [5.74, 6) is 1.90. The predicted octanol–water partition coefficient (Wildman–Crippen LogP) is 2.45. The molecule has 76 valence electrons. The highest BCUT2D eigenvalue weighted by atomic mass is 32.1. The smallest absolute Gasteiger partial charge is 0.202 e. The van der Waals surface area contributed by atoms with Gasteiger partial charge in [0.2, 0.25) is 5.13 Å². The van der Waals surface area contributed by atoms with Gasteiger partial charge in [-0.3, -0.25) is 0 Å². The Hall–Kier alpha value is -0.640. The monoisotopic (exact) mass is 209 g/mol. The second-order valence-electron chi connectivity index (χ2n) is 4.64. The van der Waals surface area contributed by atoms with Gasteiger partial charge in [0.15, 0.2) is 0 Å². The maximum absolute atomic E-state index is 4.32. The van der Waals surface area contributed by atoms with Crippen LogP contribution < -0.4 is 5.32 Å². The zero-order chi connectivity index (χ0) is 9.60. The maximum atomic E-state index is 4.32. The van der Waals surface area contributed by atoms with Crippen molar-refractivity contribution in [2.24, 2.45) is 11.3 Å². The fraction of sp³-hybridized carbons (Fsp3) is 0.800. The number of rotatable bonds is 4. The SMILES string of the molecule is Cc1nsc(NCC2(C3CC3)CC2)n1. The zero-order valence-electron chi connectivity index (χ0n) is 8.42. The molecule has 2 aliphatic rings. The van der Waals surface area contributed by atoms with Crippen LogP contribution in [0.25, 0.3) is 0 Å². The Balaban J connectivity index is 1.59. The van der Waals surface area contributed by atoms with E-state index in [1.807, 2.05) is 6.92 Å². The third-order valence-corrected chi connectivity index (χ3v) is 4.22. The Morgan fingerprint density at radius 1 is 1.50 bits per heavy atom. The molecule has 0 aliphatic heterocycles. The molecule has 1 N–H and O–H groups in total. The van der Waals surface area contributed by atoms with Gasteiger partial charge < -0.3 is 5.32 Å². The van der Waals surface area contributed by atoms with E-state index < -0.39 is 0 Å². The molecule has 4 heteroatoms. The van der Waals surface area contributed by atoms with Gasteiger partial charge in [-0.15, -0.1) is 0 Å². The number of nitrogens with one attached hydrogen (secondary N) is 1. The van der Waals surface area contributed by atoms with Crippen molar-refractivity contribution in [3.05, 3.63) is 5.82 Å². The first-order chi connectivity index (χ1) is 6.78. The fourth-order valence-electron chi connectivity index (χ4n) is 2.21. The molecule has 3 nitrogen and oxygen atoms in total. The highest BCUT2D eigenvalue weighted by molar-refractivity contribution is 7.09. The van der Waals surface area contributed by atoms with Crippen LogP contribution in [0.2, 0.25) is 0 Å². The summed E-state index contributed by atoms with van der Waals surface area (Å²) in [5.41, 5.74) is 0.652. The van der Waals surface area contributed by atoms with E-state index in [9.17, 15) is 0 Å². The summed E-state index contributed by atoms with van der Waals surface area (Å²) < 4.78 is 4.17. The van der Waals surface area contributed by atoms with E-state index in [0.29, 0.717) is 5.41 Å². The molecular formula is C10H15N3S. The van der Waals surface area contributed by atoms with Gasteiger partial charge in [-0.2, -0.15) is 4.37 Å². The Bertz CT molecular complexity index is 339. The van der Waals surface area contributed by atoms with Gasteiger partial charge in [-0.05, 0) is 43.9 Å². The van der Waals surface area contributed by atoms with Crippen molar-refractivity contribution in [2.75, 3.05) is 11.9 Å². The van der Waals surface area contributed by atoms with Gasteiger partial charge in [-0.1, -0.05) is 0 Å². The van der Waals surface area contributed by atoms with Crippen LogP contribution >= 0.6 is 11.5 Å². The van der Waals surface area contributed by atoms with Gasteiger partial charge in [0.05, 0.1) is 0 Å². The standard InChI is InChI=1S/C10H15N3S/c1-7-12-9(14-13-7)11-6-10(4-5-10)8-2-3-8/h8H,2-6H2,1H3,(H,11,12,13). The summed E-state index contributed by atoms with van der Waals surface area (Å²) in [6.45, 7) is 3.06. The van der Waals surface area contributed by atoms with Crippen LogP contribution in [0, 0.1) is 18.3 Å². The number of anilines is 1. The molecule has 1 heterocycles. The molecule has 14 heavy (non-hydrogen) atoms. The van der Waals surface area contributed by atoms with E-state index in [0.717, 1.165) is 23.4 Å². The predicted molar refractivity (Wildman–Crippen MR) is 57.5 cm³/mol. The maximum Gasteiger partial charge on any atom is 0.202 e. The second kappa shape index (κ2) is 2.92. The molecule has 1 aromatic heterocycles. The molecule has 0 radical (unpaired) electrons. The topological polar surface area (TPSA) is 37.8 Å². The van der Waals surface area contributed by atoms with Crippen LogP contribution in [-0.2, 0) is 0 Å². The van der Waals surface area contributed by atoms with Gasteiger partial charge in [0.1, 0.15) is 5.82 Å². The van der Waals surface area contributed by atoms with Crippen LogP contribution in [0.1, 0.15) is 31.5 Å². The van der Waals surface area contributed by atoms with Crippen LogP contribution in [0.4, 0.5) is 5.13 Å². The summed E-state index contributed by atoms with van der Waals surface area (Å²) in [6, 6.07) is 0. The van der Waals surface area contributed by atoms with Crippen molar-refractivity contribution in [3.63, 3.8) is 0 Å². The molecule has 2 saturated carbocycles. The minimum Gasteiger partial charge on any atom is -0.360 e. The van der Waals surface area contributed by atoms with Gasteiger partial charge >= 0.3 is 0 Å². The second-order valence-corrected chi connectivity index (χ2v) is 5.39. The van der Waals surface area contributed by atoms with Gasteiger partial charge in [0, 0.05) is 18.1 Å². The first-order valence-corrected chi connectivity index (χ1v) is 6.10. The third kappa shape index (κ3) is 1.52. The van der Waals surface area contributed by atoms with E-state index in [1.54, 1.807) is 0 Å². The summed E-state index contributed by atoms with van der Waals surface area (Å²) in [4.78, 5) is 4.32. The molecular weight excluding hydrogens is 194 g/mol. The number of nitrogens with zero attached hydrogens (tertiary/aromatic N) is 2. The summed E-state index contributed by atoms with van der Waals surface area (Å²) in [7, 11) is 0. The first kappa shape index (κ1) is 8.65. The molecule has 1 aromatic rings. The lowest BCUT2D eigenvalue weighted by molar-refractivity contribution is 0.467. The first-order valence-electron chi connectivity index (χ1n) is 5.33. The average molecular weight is 209 g/mol. The lowest BCUT2D eigenvalue weighted by atomic mass is 10.0. The molecule has 0 spiro atoms. The van der Waals surface area contributed by atoms with Crippen molar-refractivity contribution in [1.29, 1.82) is 0 Å². The average Bonchev–Trinajstić information content (AvgIpc) is 3.03. The summed E-state index contributed by atoms with van der Waals surface area (Å²) >= 11 is 1.48. The molecule has 0 unspecified atom stereocenters. The third-order valence-electron chi connectivity index (χ3n) is 3.45. The molecule has 0 amide bonds. The molecule has 2 aliphatic carbocycles. The highest BCUT2D eigenvalue weighted by Gasteiger charge is 2.53. The van der Waals surface area contributed by atoms with E-state index in [4.69, 9.17) is 0 Å². The molecule has 0 bridgehead atoms. The summed E-state index contributed by atoms with van der Waals surface area (Å²) in [6.07, 6.45) is 5.75. The van der Waals surface area contributed by atoms with Crippen LogP contribution in [0.15, 0.2) is 0 Å². The molecule has 2 fully saturated rings. The highest BCUT2D eigenvalue weighted by Crippen LogP contribution is 2.61. The van der Waals surface area contributed by atoms with Crippen LogP contribution in [0.3, 0.4) is 0 Å². The lowest BCUT2D eigenvalue weighted by Gasteiger charge is -2.13. The van der Waals surface area contributed by atoms with E-state index in [2.05, 4.69) is 14.7 Å². The largest absolute Gasteiger partial charge is 0.360 e. The van der Waals surface area contributed by atoms with Crippen molar-refractivity contribution in [3.8, 4) is 0 Å². The van der Waals surface area contributed by atoms with Gasteiger partial charge in [0.25, 0.3) is 0 Å². The van der Waals surface area contributed by atoms with Crippen LogP contribution in [-0.4, -0.2) is 15.9 Å². The molecule has 3 rings (SSSR count). The Kier molecular flexibility index (Phi) is 1.81. The van der Waals surface area contributed by atoms with Crippen LogP contribution in [0.5, 0.6) is 0 Å². The molecule has 0 saturated heterocycles. The van der Waals surface area contributed by atoms with Crippen molar-refractivity contribution < 1.29 is 0 Å². The number of aryl methyl sites for hydroxylation is 1. The van der Waals surface area contributed by atoms with Gasteiger partial charge in [-0.25, -0.2) is 4.98 Å². The van der Waals surface area contributed by atoms with Crippen molar-refractivity contribution in [2.45, 2.75) is 32.6 Å². The number of hydrogen-bond acceptors (Lipinski definition) is 4. The fourth-order valence-corrected chi connectivity index (χ4v) is 2.78. The normalized spacial score (nSPS) is 23.5. The van der Waals surface area contributed by atoms with E-state index in [-0.39, 0.29) is 0 Å². The number of aromatic nitrogens is 2. The molecule has 0 aromatic carbocycles. The minimum absolute atomic E-state index is 0.652. The number of hydrogen-bond donors (Lipinski definition) is 1. The molecule has 0 atom stereocenters.